The molecule has 0 saturated carbocycles. The van der Waals surface area contributed by atoms with Crippen molar-refractivity contribution in [1.29, 1.82) is 0 Å². The Kier molecular flexibility index (Phi) is 3.30. The average Bonchev–Trinajstić information content (AvgIpc) is 2.77. The lowest BCUT2D eigenvalue weighted by Gasteiger charge is -2.08. The van der Waals surface area contributed by atoms with Crippen LogP contribution in [-0.4, -0.2) is 19.4 Å². The van der Waals surface area contributed by atoms with Gasteiger partial charge in [0.1, 0.15) is 5.75 Å². The molecule has 17 heavy (non-hydrogen) atoms. The lowest BCUT2D eigenvalue weighted by Crippen LogP contribution is -1.94. The van der Waals surface area contributed by atoms with E-state index in [4.69, 9.17) is 19.7 Å². The number of aromatic nitrogens is 1. The topological polar surface area (TPSA) is 70.5 Å². The number of hydrogen-bond donors (Lipinski definition) is 1. The van der Waals surface area contributed by atoms with Crippen molar-refractivity contribution in [3.63, 3.8) is 0 Å². The highest BCUT2D eigenvalue weighted by Gasteiger charge is 2.09. The average molecular weight is 234 g/mol. The van der Waals surface area contributed by atoms with Gasteiger partial charge in [0.05, 0.1) is 13.7 Å². The molecule has 0 bridgehead atoms. The normalized spacial score (nSPS) is 10.5. The van der Waals surface area contributed by atoms with Gasteiger partial charge >= 0.3 is 0 Å². The van der Waals surface area contributed by atoms with E-state index >= 15 is 0 Å². The fourth-order valence-corrected chi connectivity index (χ4v) is 1.60. The molecule has 2 rings (SSSR count). The van der Waals surface area contributed by atoms with E-state index in [0.717, 1.165) is 16.9 Å². The summed E-state index contributed by atoms with van der Waals surface area (Å²) in [4.78, 5) is 0. The van der Waals surface area contributed by atoms with Crippen LogP contribution in [0.25, 0.3) is 11.3 Å². The number of ether oxygens (including phenoxy) is 2. The zero-order valence-corrected chi connectivity index (χ0v) is 9.77. The molecule has 90 valence electrons. The molecule has 0 aliphatic rings. The molecule has 0 amide bonds. The molecular weight excluding hydrogens is 220 g/mol. The Balaban J connectivity index is 2.37. The third-order valence-electron chi connectivity index (χ3n) is 2.40. The summed E-state index contributed by atoms with van der Waals surface area (Å²) in [5.74, 6) is 1.73. The molecule has 5 heteroatoms. The molecule has 0 aliphatic carbocycles. The Bertz CT molecular complexity index is 508. The molecule has 2 aromatic rings. The van der Waals surface area contributed by atoms with E-state index in [0.29, 0.717) is 18.2 Å². The molecule has 1 heterocycles. The van der Waals surface area contributed by atoms with Crippen molar-refractivity contribution >= 4 is 5.82 Å². The highest BCUT2D eigenvalue weighted by Crippen LogP contribution is 2.28. The van der Waals surface area contributed by atoms with Crippen molar-refractivity contribution in [2.24, 2.45) is 0 Å². The van der Waals surface area contributed by atoms with Crippen LogP contribution >= 0.6 is 0 Å². The fourth-order valence-electron chi connectivity index (χ4n) is 1.60. The lowest BCUT2D eigenvalue weighted by molar-refractivity contribution is 0.181. The largest absolute Gasteiger partial charge is 0.496 e. The molecule has 0 aliphatic heterocycles. The summed E-state index contributed by atoms with van der Waals surface area (Å²) in [5.41, 5.74) is 7.35. The van der Waals surface area contributed by atoms with Gasteiger partial charge in [0.25, 0.3) is 0 Å². The van der Waals surface area contributed by atoms with Gasteiger partial charge < -0.3 is 19.7 Å². The number of hydrogen-bond acceptors (Lipinski definition) is 5. The highest BCUT2D eigenvalue weighted by atomic mass is 16.5. The van der Waals surface area contributed by atoms with Crippen molar-refractivity contribution in [3.05, 3.63) is 29.8 Å². The highest BCUT2D eigenvalue weighted by molar-refractivity contribution is 5.63. The Morgan fingerprint density at radius 1 is 1.29 bits per heavy atom. The summed E-state index contributed by atoms with van der Waals surface area (Å²) in [5, 5.41) is 3.64. The summed E-state index contributed by atoms with van der Waals surface area (Å²) in [6.45, 7) is 0.502. The predicted molar refractivity (Wildman–Crippen MR) is 63.6 cm³/mol. The Morgan fingerprint density at radius 3 is 2.71 bits per heavy atom. The fraction of sp³-hybridized carbons (Fsp3) is 0.250. The van der Waals surface area contributed by atoms with Crippen LogP contribution in [0.5, 0.6) is 5.75 Å². The standard InChI is InChI=1S/C12H14N2O3/c1-15-7-9-4-3-8(5-10(9)16-2)11-6-12(13)14-17-11/h3-6H,7H2,1-2H3,(H2,13,14). The smallest absolute Gasteiger partial charge is 0.169 e. The number of nitrogen functional groups attached to an aromatic ring is 1. The van der Waals surface area contributed by atoms with Gasteiger partial charge in [-0.05, 0) is 6.07 Å². The lowest BCUT2D eigenvalue weighted by atomic mass is 10.1. The molecule has 0 spiro atoms. The van der Waals surface area contributed by atoms with Gasteiger partial charge in [-0.1, -0.05) is 17.3 Å². The van der Waals surface area contributed by atoms with E-state index in [2.05, 4.69) is 5.16 Å². The van der Waals surface area contributed by atoms with E-state index in [-0.39, 0.29) is 0 Å². The van der Waals surface area contributed by atoms with Crippen molar-refractivity contribution in [3.8, 4) is 17.1 Å². The van der Waals surface area contributed by atoms with E-state index < -0.39 is 0 Å². The van der Waals surface area contributed by atoms with Crippen LogP contribution in [0.3, 0.4) is 0 Å². The Labute approximate surface area is 99.1 Å². The molecule has 2 N–H and O–H groups in total. The third-order valence-corrected chi connectivity index (χ3v) is 2.40. The second-order valence-electron chi connectivity index (χ2n) is 3.58. The summed E-state index contributed by atoms with van der Waals surface area (Å²) in [6, 6.07) is 7.38. The van der Waals surface area contributed by atoms with Crippen molar-refractivity contribution in [2.75, 3.05) is 20.0 Å². The molecule has 1 aromatic heterocycles. The van der Waals surface area contributed by atoms with Gasteiger partial charge in [-0.15, -0.1) is 0 Å². The number of nitrogens with two attached hydrogens (primary N) is 1. The van der Waals surface area contributed by atoms with Gasteiger partial charge in [-0.25, -0.2) is 0 Å². The Hall–Kier alpha value is -2.01. The molecule has 0 unspecified atom stereocenters. The number of anilines is 1. The van der Waals surface area contributed by atoms with Crippen molar-refractivity contribution < 1.29 is 14.0 Å². The third kappa shape index (κ3) is 2.39. The first-order valence-electron chi connectivity index (χ1n) is 5.13. The first-order chi connectivity index (χ1) is 8.24. The van der Waals surface area contributed by atoms with Crippen LogP contribution in [0.1, 0.15) is 5.56 Å². The molecule has 5 nitrogen and oxygen atoms in total. The predicted octanol–water partition coefficient (Wildman–Crippen LogP) is 2.08. The maximum atomic E-state index is 5.51. The number of methoxy groups -OCH3 is 2. The summed E-state index contributed by atoms with van der Waals surface area (Å²) in [7, 11) is 3.26. The van der Waals surface area contributed by atoms with E-state index in [1.54, 1.807) is 20.3 Å². The number of rotatable bonds is 4. The van der Waals surface area contributed by atoms with Crippen LogP contribution in [0, 0.1) is 0 Å². The van der Waals surface area contributed by atoms with Gasteiger partial charge in [0, 0.05) is 24.3 Å². The minimum absolute atomic E-state index is 0.361. The quantitative estimate of drug-likeness (QED) is 0.876. The second-order valence-corrected chi connectivity index (χ2v) is 3.58. The summed E-state index contributed by atoms with van der Waals surface area (Å²) < 4.78 is 15.5. The van der Waals surface area contributed by atoms with E-state index in [1.807, 2.05) is 18.2 Å². The molecular formula is C12H14N2O3. The van der Waals surface area contributed by atoms with Gasteiger partial charge in [0.2, 0.25) is 0 Å². The molecule has 0 atom stereocenters. The Morgan fingerprint density at radius 2 is 2.12 bits per heavy atom. The van der Waals surface area contributed by atoms with Crippen LogP contribution in [0.4, 0.5) is 5.82 Å². The summed E-state index contributed by atoms with van der Waals surface area (Å²) >= 11 is 0. The minimum Gasteiger partial charge on any atom is -0.496 e. The van der Waals surface area contributed by atoms with Crippen molar-refractivity contribution in [2.45, 2.75) is 6.61 Å². The van der Waals surface area contributed by atoms with Gasteiger partial charge in [0.15, 0.2) is 11.6 Å². The monoisotopic (exact) mass is 234 g/mol. The molecule has 0 radical (unpaired) electrons. The number of nitrogens with zero attached hydrogens (tertiary/aromatic N) is 1. The maximum absolute atomic E-state index is 5.51. The maximum Gasteiger partial charge on any atom is 0.169 e. The van der Waals surface area contributed by atoms with E-state index in [9.17, 15) is 0 Å². The minimum atomic E-state index is 0.361. The number of benzene rings is 1. The molecule has 1 aromatic carbocycles. The van der Waals surface area contributed by atoms with Crippen LogP contribution in [0.2, 0.25) is 0 Å². The second kappa shape index (κ2) is 4.88. The van der Waals surface area contributed by atoms with Crippen LogP contribution in [-0.2, 0) is 11.3 Å². The summed E-state index contributed by atoms with van der Waals surface area (Å²) in [6.07, 6.45) is 0. The van der Waals surface area contributed by atoms with Crippen molar-refractivity contribution in [1.82, 2.24) is 5.16 Å². The SMILES string of the molecule is COCc1ccc(-c2cc(N)no2)cc1OC. The zero-order valence-electron chi connectivity index (χ0n) is 9.77. The molecule has 0 saturated heterocycles. The zero-order chi connectivity index (χ0) is 12.3. The van der Waals surface area contributed by atoms with Gasteiger partial charge in [-0.2, -0.15) is 0 Å². The van der Waals surface area contributed by atoms with Gasteiger partial charge in [-0.3, -0.25) is 0 Å². The van der Waals surface area contributed by atoms with Crippen LogP contribution in [0.15, 0.2) is 28.8 Å². The first kappa shape index (κ1) is 11.5. The first-order valence-corrected chi connectivity index (χ1v) is 5.13. The van der Waals surface area contributed by atoms with E-state index in [1.165, 1.54) is 0 Å². The molecule has 0 fully saturated rings. The van der Waals surface area contributed by atoms with Crippen LogP contribution < -0.4 is 10.5 Å².